The smallest absolute Gasteiger partial charge is 0.243 e. The van der Waals surface area contributed by atoms with Gasteiger partial charge in [-0.1, -0.05) is 20.8 Å². The zero-order valence-electron chi connectivity index (χ0n) is 10.3. The van der Waals surface area contributed by atoms with Crippen LogP contribution in [-0.4, -0.2) is 23.9 Å². The van der Waals surface area contributed by atoms with Crippen LogP contribution >= 0.6 is 0 Å². The number of amides is 2. The van der Waals surface area contributed by atoms with Crippen molar-refractivity contribution in [3.63, 3.8) is 0 Å². The summed E-state index contributed by atoms with van der Waals surface area (Å²) in [5.41, 5.74) is 0. The van der Waals surface area contributed by atoms with E-state index in [0.717, 1.165) is 6.42 Å². The minimum absolute atomic E-state index is 0.0953. The Kier molecular flexibility index (Phi) is 5.97. The van der Waals surface area contributed by atoms with E-state index in [2.05, 4.69) is 10.6 Å². The summed E-state index contributed by atoms with van der Waals surface area (Å²) in [5.74, 6) is -0.180. The molecule has 0 aliphatic heterocycles. The van der Waals surface area contributed by atoms with Gasteiger partial charge in [-0.05, 0) is 19.3 Å². The van der Waals surface area contributed by atoms with Gasteiger partial charge in [-0.25, -0.2) is 0 Å². The second-order valence-electron chi connectivity index (χ2n) is 4.24. The lowest BCUT2D eigenvalue weighted by Crippen LogP contribution is -2.51. The van der Waals surface area contributed by atoms with Crippen LogP contribution in [0.3, 0.4) is 0 Å². The third-order valence-electron chi connectivity index (χ3n) is 2.31. The number of carbonyl (C=O) groups is 2. The molecule has 0 radical (unpaired) electrons. The Morgan fingerprint density at radius 2 is 1.67 bits per heavy atom. The first-order valence-corrected chi connectivity index (χ1v) is 5.46. The number of nitrogens with one attached hydrogen (secondary N) is 2. The summed E-state index contributed by atoms with van der Waals surface area (Å²) in [6.45, 7) is 9.20. The minimum Gasteiger partial charge on any atom is -0.352 e. The Morgan fingerprint density at radius 3 is 2.00 bits per heavy atom. The fraction of sp³-hybridized carbons (Fsp3) is 0.818. The summed E-state index contributed by atoms with van der Waals surface area (Å²) in [7, 11) is 0. The van der Waals surface area contributed by atoms with E-state index >= 15 is 0 Å². The van der Waals surface area contributed by atoms with Gasteiger partial charge < -0.3 is 10.6 Å². The van der Waals surface area contributed by atoms with Crippen LogP contribution in [0.4, 0.5) is 0 Å². The summed E-state index contributed by atoms with van der Waals surface area (Å²) < 4.78 is 0. The van der Waals surface area contributed by atoms with Gasteiger partial charge >= 0.3 is 0 Å². The molecule has 0 saturated heterocycles. The first kappa shape index (κ1) is 13.9. The molecule has 0 aliphatic rings. The summed E-state index contributed by atoms with van der Waals surface area (Å²) in [6.07, 6.45) is 0.886. The van der Waals surface area contributed by atoms with Crippen molar-refractivity contribution in [1.29, 1.82) is 0 Å². The standard InChI is InChI=1S/C11H22N2O2/c1-6-8(4)12-11(15)10(7(2)3)13-9(5)14/h7-8,10H,6H2,1-5H3,(H,12,15)(H,13,14)/t8-,10-/m1/s1. The summed E-state index contributed by atoms with van der Waals surface area (Å²) in [4.78, 5) is 22.7. The van der Waals surface area contributed by atoms with Gasteiger partial charge in [-0.3, -0.25) is 9.59 Å². The lowest BCUT2D eigenvalue weighted by atomic mass is 10.0. The molecule has 0 aromatic carbocycles. The predicted molar refractivity (Wildman–Crippen MR) is 60.3 cm³/mol. The highest BCUT2D eigenvalue weighted by molar-refractivity contribution is 5.87. The lowest BCUT2D eigenvalue weighted by molar-refractivity contribution is -0.129. The molecular formula is C11H22N2O2. The van der Waals surface area contributed by atoms with Gasteiger partial charge in [0.1, 0.15) is 6.04 Å². The summed E-state index contributed by atoms with van der Waals surface area (Å²) >= 11 is 0. The zero-order valence-corrected chi connectivity index (χ0v) is 10.3. The van der Waals surface area contributed by atoms with Crippen LogP contribution in [-0.2, 0) is 9.59 Å². The molecule has 0 fully saturated rings. The monoisotopic (exact) mass is 214 g/mol. The second kappa shape index (κ2) is 6.43. The van der Waals surface area contributed by atoms with Gasteiger partial charge in [-0.15, -0.1) is 0 Å². The van der Waals surface area contributed by atoms with Gasteiger partial charge in [0.15, 0.2) is 0 Å². The molecule has 2 N–H and O–H groups in total. The Morgan fingerprint density at radius 1 is 1.13 bits per heavy atom. The van der Waals surface area contributed by atoms with Crippen molar-refractivity contribution in [2.75, 3.05) is 0 Å². The normalized spacial score (nSPS) is 14.5. The SMILES string of the molecule is CC[C@@H](C)NC(=O)[C@H](NC(C)=O)C(C)C. The molecular weight excluding hydrogens is 192 g/mol. The second-order valence-corrected chi connectivity index (χ2v) is 4.24. The van der Waals surface area contributed by atoms with Gasteiger partial charge in [-0.2, -0.15) is 0 Å². The quantitative estimate of drug-likeness (QED) is 0.719. The minimum atomic E-state index is -0.434. The third-order valence-corrected chi connectivity index (χ3v) is 2.31. The first-order chi connectivity index (χ1) is 6.88. The van der Waals surface area contributed by atoms with E-state index in [1.165, 1.54) is 6.92 Å². The Labute approximate surface area is 91.8 Å². The van der Waals surface area contributed by atoms with Crippen LogP contribution < -0.4 is 10.6 Å². The van der Waals surface area contributed by atoms with E-state index in [1.54, 1.807) is 0 Å². The molecule has 0 spiro atoms. The highest BCUT2D eigenvalue weighted by Crippen LogP contribution is 2.02. The first-order valence-electron chi connectivity index (χ1n) is 5.46. The van der Waals surface area contributed by atoms with E-state index in [9.17, 15) is 9.59 Å². The van der Waals surface area contributed by atoms with Gasteiger partial charge in [0.05, 0.1) is 0 Å². The highest BCUT2D eigenvalue weighted by Gasteiger charge is 2.23. The number of rotatable bonds is 5. The summed E-state index contributed by atoms with van der Waals surface area (Å²) in [6, 6.07) is -0.288. The fourth-order valence-electron chi connectivity index (χ4n) is 1.19. The summed E-state index contributed by atoms with van der Waals surface area (Å²) in [5, 5.41) is 5.52. The number of carbonyl (C=O) groups excluding carboxylic acids is 2. The van der Waals surface area contributed by atoms with Gasteiger partial charge in [0.25, 0.3) is 0 Å². The van der Waals surface area contributed by atoms with E-state index in [1.807, 2.05) is 27.7 Å². The van der Waals surface area contributed by atoms with Crippen molar-refractivity contribution in [1.82, 2.24) is 10.6 Å². The van der Waals surface area contributed by atoms with Crippen molar-refractivity contribution in [2.45, 2.75) is 53.1 Å². The molecule has 0 unspecified atom stereocenters. The maximum absolute atomic E-state index is 11.8. The molecule has 0 saturated carbocycles. The molecule has 4 heteroatoms. The van der Waals surface area contributed by atoms with Crippen LogP contribution in [0, 0.1) is 5.92 Å². The van der Waals surface area contributed by atoms with Crippen molar-refractivity contribution in [3.8, 4) is 0 Å². The molecule has 0 bridgehead atoms. The molecule has 15 heavy (non-hydrogen) atoms. The molecule has 4 nitrogen and oxygen atoms in total. The van der Waals surface area contributed by atoms with Crippen LogP contribution in [0.25, 0.3) is 0 Å². The van der Waals surface area contributed by atoms with Crippen molar-refractivity contribution in [2.24, 2.45) is 5.92 Å². The van der Waals surface area contributed by atoms with Gasteiger partial charge in [0.2, 0.25) is 11.8 Å². The molecule has 2 atom stereocenters. The van der Waals surface area contributed by atoms with Crippen LogP contribution in [0.5, 0.6) is 0 Å². The molecule has 0 aromatic heterocycles. The Balaban J connectivity index is 4.35. The van der Waals surface area contributed by atoms with Crippen molar-refractivity contribution in [3.05, 3.63) is 0 Å². The maximum atomic E-state index is 11.8. The molecule has 0 rings (SSSR count). The Bertz CT molecular complexity index is 227. The zero-order chi connectivity index (χ0) is 12.0. The third kappa shape index (κ3) is 5.40. The predicted octanol–water partition coefficient (Wildman–Crippen LogP) is 1.06. The van der Waals surface area contributed by atoms with Crippen molar-refractivity contribution >= 4 is 11.8 Å². The van der Waals surface area contributed by atoms with Gasteiger partial charge in [0, 0.05) is 13.0 Å². The van der Waals surface area contributed by atoms with Crippen molar-refractivity contribution < 1.29 is 9.59 Å². The highest BCUT2D eigenvalue weighted by atomic mass is 16.2. The van der Waals surface area contributed by atoms with E-state index in [-0.39, 0.29) is 23.8 Å². The molecule has 0 aromatic rings. The van der Waals surface area contributed by atoms with Crippen LogP contribution in [0.1, 0.15) is 41.0 Å². The average Bonchev–Trinajstić information content (AvgIpc) is 2.12. The molecule has 0 heterocycles. The lowest BCUT2D eigenvalue weighted by Gasteiger charge is -2.22. The Hall–Kier alpha value is -1.06. The van der Waals surface area contributed by atoms with E-state index in [4.69, 9.17) is 0 Å². The topological polar surface area (TPSA) is 58.2 Å². The van der Waals surface area contributed by atoms with Crippen LogP contribution in [0.2, 0.25) is 0 Å². The molecule has 2 amide bonds. The number of hydrogen-bond acceptors (Lipinski definition) is 2. The van der Waals surface area contributed by atoms with E-state index in [0.29, 0.717) is 0 Å². The maximum Gasteiger partial charge on any atom is 0.243 e. The largest absolute Gasteiger partial charge is 0.352 e. The van der Waals surface area contributed by atoms with Crippen LogP contribution in [0.15, 0.2) is 0 Å². The number of hydrogen-bond donors (Lipinski definition) is 2. The average molecular weight is 214 g/mol. The molecule has 88 valence electrons. The van der Waals surface area contributed by atoms with E-state index < -0.39 is 6.04 Å². The molecule has 0 aliphatic carbocycles. The fourth-order valence-corrected chi connectivity index (χ4v) is 1.19.